The Morgan fingerprint density at radius 3 is 2.00 bits per heavy atom. The first-order chi connectivity index (χ1) is 7.87. The van der Waals surface area contributed by atoms with Gasteiger partial charge in [0.1, 0.15) is 0 Å². The molecule has 0 saturated carbocycles. The van der Waals surface area contributed by atoms with Gasteiger partial charge in [-0.05, 0) is 0 Å². The Hall–Kier alpha value is -0.640. The van der Waals surface area contributed by atoms with Gasteiger partial charge in [-0.25, -0.2) is 8.42 Å². The highest BCUT2D eigenvalue weighted by Crippen LogP contribution is 2.35. The van der Waals surface area contributed by atoms with Crippen molar-refractivity contribution in [3.05, 3.63) is 0 Å². The minimum absolute atomic E-state index is 0.586. The van der Waals surface area contributed by atoms with Crippen LogP contribution in [-0.2, 0) is 14.6 Å². The first-order valence-corrected chi connectivity index (χ1v) is 6.72. The number of halogens is 6. The summed E-state index contributed by atoms with van der Waals surface area (Å²) in [4.78, 5) is 10.8. The van der Waals surface area contributed by atoms with Crippen LogP contribution in [0.25, 0.3) is 0 Å². The summed E-state index contributed by atoms with van der Waals surface area (Å²) in [6, 6.07) is -1.46. The molecule has 1 aliphatic rings. The minimum atomic E-state index is -6.05. The fourth-order valence-corrected chi connectivity index (χ4v) is 3.87. The van der Waals surface area contributed by atoms with E-state index in [2.05, 4.69) is 0 Å². The zero-order valence-corrected chi connectivity index (χ0v) is 10.0. The molecule has 0 spiro atoms. The molecule has 2 atom stereocenters. The first kappa shape index (κ1) is 15.4. The Morgan fingerprint density at radius 1 is 1.17 bits per heavy atom. The van der Waals surface area contributed by atoms with E-state index in [1.165, 1.54) is 5.32 Å². The zero-order valence-electron chi connectivity index (χ0n) is 8.47. The maximum Gasteiger partial charge on any atom is 0.463 e. The monoisotopic (exact) mass is 315 g/mol. The van der Waals surface area contributed by atoms with Crippen LogP contribution >= 0.6 is 11.6 Å². The van der Waals surface area contributed by atoms with Crippen molar-refractivity contribution in [2.24, 2.45) is 0 Å². The molecule has 1 amide bonds. The van der Waals surface area contributed by atoms with Crippen molar-refractivity contribution in [1.82, 2.24) is 5.32 Å². The SMILES string of the molecule is O=C(NC1CS(=O)(=O)CC1Cl)C(F)(F)C(F)(F)F. The number of nitrogens with one attached hydrogen (secondary N) is 1. The average molecular weight is 316 g/mol. The fourth-order valence-electron chi connectivity index (χ4n) is 1.32. The summed E-state index contributed by atoms with van der Waals surface area (Å²) in [5, 5.41) is 0.0777. The smallest absolute Gasteiger partial charge is 0.345 e. The molecule has 1 fully saturated rings. The zero-order chi connectivity index (χ0) is 14.4. The van der Waals surface area contributed by atoms with Gasteiger partial charge in [0.05, 0.1) is 22.9 Å². The number of hydrogen-bond acceptors (Lipinski definition) is 3. The fraction of sp³-hybridized carbons (Fsp3) is 0.857. The first-order valence-electron chi connectivity index (χ1n) is 4.47. The third kappa shape index (κ3) is 3.02. The molecule has 1 rings (SSSR count). The minimum Gasteiger partial charge on any atom is -0.345 e. The molecule has 1 N–H and O–H groups in total. The van der Waals surface area contributed by atoms with Gasteiger partial charge in [-0.15, -0.1) is 11.6 Å². The predicted molar refractivity (Wildman–Crippen MR) is 51.2 cm³/mol. The van der Waals surface area contributed by atoms with Crippen LogP contribution in [0.2, 0.25) is 0 Å². The molecule has 4 nitrogen and oxygen atoms in total. The van der Waals surface area contributed by atoms with Crippen LogP contribution in [0.5, 0.6) is 0 Å². The van der Waals surface area contributed by atoms with Crippen molar-refractivity contribution < 1.29 is 35.2 Å². The summed E-state index contributed by atoms with van der Waals surface area (Å²) in [5.74, 6) is -9.55. The number of amides is 1. The Morgan fingerprint density at radius 2 is 1.67 bits per heavy atom. The quantitative estimate of drug-likeness (QED) is 0.603. The third-order valence-electron chi connectivity index (χ3n) is 2.24. The van der Waals surface area contributed by atoms with E-state index in [4.69, 9.17) is 11.6 Å². The van der Waals surface area contributed by atoms with Crippen LogP contribution in [0.1, 0.15) is 0 Å². The van der Waals surface area contributed by atoms with E-state index in [9.17, 15) is 35.2 Å². The van der Waals surface area contributed by atoms with Gasteiger partial charge in [0.25, 0.3) is 0 Å². The molecule has 1 saturated heterocycles. The normalized spacial score (nSPS) is 28.1. The Bertz CT molecular complexity index is 448. The highest BCUT2D eigenvalue weighted by molar-refractivity contribution is 7.91. The van der Waals surface area contributed by atoms with Gasteiger partial charge in [0.15, 0.2) is 9.84 Å². The molecule has 1 aliphatic heterocycles. The number of carbonyl (C=O) groups excluding carboxylic acids is 1. The molecule has 18 heavy (non-hydrogen) atoms. The van der Waals surface area contributed by atoms with E-state index in [1.807, 2.05) is 0 Å². The van der Waals surface area contributed by atoms with Gasteiger partial charge in [-0.3, -0.25) is 4.79 Å². The van der Waals surface area contributed by atoms with Crippen LogP contribution in [0, 0.1) is 0 Å². The molecule has 2 unspecified atom stereocenters. The van der Waals surface area contributed by atoms with Gasteiger partial charge < -0.3 is 5.32 Å². The number of sulfone groups is 1. The second-order valence-corrected chi connectivity index (χ2v) is 6.46. The molecule has 1 heterocycles. The summed E-state index contributed by atoms with van der Waals surface area (Å²) < 4.78 is 82.7. The highest BCUT2D eigenvalue weighted by atomic mass is 35.5. The molecular formula is C7H7ClF5NO3S. The second kappa shape index (κ2) is 4.48. The molecule has 106 valence electrons. The van der Waals surface area contributed by atoms with Gasteiger partial charge in [-0.2, -0.15) is 22.0 Å². The summed E-state index contributed by atoms with van der Waals surface area (Å²) in [7, 11) is -3.64. The van der Waals surface area contributed by atoms with Crippen molar-refractivity contribution in [3.63, 3.8) is 0 Å². The largest absolute Gasteiger partial charge is 0.463 e. The molecule has 0 bridgehead atoms. The lowest BCUT2D eigenvalue weighted by atomic mass is 10.2. The third-order valence-corrected chi connectivity index (χ3v) is 4.62. The molecule has 0 aromatic rings. The lowest BCUT2D eigenvalue weighted by Crippen LogP contribution is -2.54. The number of carbonyl (C=O) groups is 1. The molecular weight excluding hydrogens is 309 g/mol. The maximum atomic E-state index is 12.6. The van der Waals surface area contributed by atoms with Gasteiger partial charge >= 0.3 is 18.0 Å². The Balaban J connectivity index is 2.79. The highest BCUT2D eigenvalue weighted by Gasteiger charge is 2.64. The van der Waals surface area contributed by atoms with E-state index in [1.54, 1.807) is 0 Å². The number of alkyl halides is 6. The van der Waals surface area contributed by atoms with E-state index in [0.29, 0.717) is 0 Å². The van der Waals surface area contributed by atoms with Crippen molar-refractivity contribution in [2.75, 3.05) is 11.5 Å². The van der Waals surface area contributed by atoms with E-state index >= 15 is 0 Å². The molecule has 0 radical (unpaired) electrons. The second-order valence-electron chi connectivity index (χ2n) is 3.75. The number of hydrogen-bond donors (Lipinski definition) is 1. The van der Waals surface area contributed by atoms with E-state index in [-0.39, 0.29) is 0 Å². The lowest BCUT2D eigenvalue weighted by Gasteiger charge is -2.21. The average Bonchev–Trinajstić information content (AvgIpc) is 2.37. The van der Waals surface area contributed by atoms with Crippen LogP contribution in [0.4, 0.5) is 22.0 Å². The van der Waals surface area contributed by atoms with Gasteiger partial charge in [0, 0.05) is 0 Å². The Labute approximate surface area is 103 Å². The topological polar surface area (TPSA) is 63.2 Å². The summed E-state index contributed by atoms with van der Waals surface area (Å²) >= 11 is 5.45. The van der Waals surface area contributed by atoms with Crippen molar-refractivity contribution in [2.45, 2.75) is 23.5 Å². The lowest BCUT2D eigenvalue weighted by molar-refractivity contribution is -0.270. The molecule has 0 aromatic heterocycles. The summed E-state index contributed by atoms with van der Waals surface area (Å²) in [6.07, 6.45) is -6.05. The van der Waals surface area contributed by atoms with Crippen LogP contribution in [0.3, 0.4) is 0 Å². The summed E-state index contributed by atoms with van der Waals surface area (Å²) in [5.41, 5.74) is 0. The van der Waals surface area contributed by atoms with Crippen molar-refractivity contribution in [1.29, 1.82) is 0 Å². The Kier molecular flexibility index (Phi) is 3.84. The van der Waals surface area contributed by atoms with Gasteiger partial charge in [-0.1, -0.05) is 0 Å². The number of rotatable bonds is 2. The van der Waals surface area contributed by atoms with Gasteiger partial charge in [0.2, 0.25) is 0 Å². The molecule has 0 aromatic carbocycles. The summed E-state index contributed by atoms with van der Waals surface area (Å²) in [6.45, 7) is 0. The predicted octanol–water partition coefficient (Wildman–Crippen LogP) is 0.705. The van der Waals surface area contributed by atoms with Crippen molar-refractivity contribution in [3.8, 4) is 0 Å². The van der Waals surface area contributed by atoms with Crippen molar-refractivity contribution >= 4 is 27.3 Å². The van der Waals surface area contributed by atoms with E-state index in [0.717, 1.165) is 0 Å². The van der Waals surface area contributed by atoms with Crippen LogP contribution in [0.15, 0.2) is 0 Å². The molecule has 11 heteroatoms. The molecule has 0 aliphatic carbocycles. The standard InChI is InChI=1S/C7H7ClF5NO3S/c8-3-1-18(16,17)2-4(3)14-5(15)6(9,10)7(11,12)13/h3-4H,1-2H2,(H,14,15). The van der Waals surface area contributed by atoms with E-state index < -0.39 is 50.8 Å². The maximum absolute atomic E-state index is 12.6. The van der Waals surface area contributed by atoms with Crippen LogP contribution < -0.4 is 5.32 Å². The van der Waals surface area contributed by atoms with Crippen LogP contribution in [-0.4, -0.2) is 49.3 Å².